The van der Waals surface area contributed by atoms with E-state index in [1.54, 1.807) is 0 Å². The van der Waals surface area contributed by atoms with Crippen molar-refractivity contribution in [2.45, 2.75) is 38.3 Å². The normalized spacial score (nSPS) is 21.1. The van der Waals surface area contributed by atoms with Gasteiger partial charge in [-0.15, -0.1) is 0 Å². The molecule has 0 amide bonds. The molecule has 3 heteroatoms. The van der Waals surface area contributed by atoms with Crippen LogP contribution in [0.5, 0.6) is 0 Å². The average molecular weight is 365 g/mol. The van der Waals surface area contributed by atoms with E-state index in [1.807, 2.05) is 0 Å². The molecule has 0 spiro atoms. The number of hydrogen-bond donors (Lipinski definition) is 0. The molecular weight excluding hydrogens is 332 g/mol. The molecule has 1 fully saturated rings. The van der Waals surface area contributed by atoms with E-state index in [-0.39, 0.29) is 0 Å². The van der Waals surface area contributed by atoms with E-state index in [0.29, 0.717) is 6.10 Å². The summed E-state index contributed by atoms with van der Waals surface area (Å²) in [6.07, 6.45) is 5.10. The van der Waals surface area contributed by atoms with Crippen molar-refractivity contribution in [2.75, 3.05) is 39.3 Å². The third kappa shape index (κ3) is 5.19. The van der Waals surface area contributed by atoms with Crippen molar-refractivity contribution in [3.05, 3.63) is 71.3 Å². The maximum absolute atomic E-state index is 6.26. The van der Waals surface area contributed by atoms with Gasteiger partial charge in [0.15, 0.2) is 0 Å². The Balaban J connectivity index is 1.14. The molecule has 0 bridgehead atoms. The molecule has 0 aromatic heterocycles. The quantitative estimate of drug-likeness (QED) is 0.682. The minimum absolute atomic E-state index is 0.317. The van der Waals surface area contributed by atoms with E-state index >= 15 is 0 Å². The third-order valence-electron chi connectivity index (χ3n) is 5.97. The molecule has 27 heavy (non-hydrogen) atoms. The van der Waals surface area contributed by atoms with Crippen LogP contribution in [0, 0.1) is 0 Å². The highest BCUT2D eigenvalue weighted by molar-refractivity contribution is 5.31. The Labute approximate surface area is 163 Å². The Morgan fingerprint density at radius 1 is 0.852 bits per heavy atom. The lowest BCUT2D eigenvalue weighted by atomic mass is 9.89. The fourth-order valence-electron chi connectivity index (χ4n) is 4.41. The summed E-state index contributed by atoms with van der Waals surface area (Å²) in [7, 11) is 0. The molecule has 3 nitrogen and oxygen atoms in total. The molecule has 1 unspecified atom stereocenters. The molecule has 2 aliphatic rings. The molecular formula is C24H32N2O. The molecule has 0 N–H and O–H groups in total. The predicted molar refractivity (Wildman–Crippen MR) is 111 cm³/mol. The summed E-state index contributed by atoms with van der Waals surface area (Å²) in [5.74, 6) is 0. The molecule has 1 saturated heterocycles. The Kier molecular flexibility index (Phi) is 6.57. The van der Waals surface area contributed by atoms with E-state index < -0.39 is 0 Å². The number of aryl methyl sites for hydroxylation is 1. The van der Waals surface area contributed by atoms with Gasteiger partial charge in [-0.2, -0.15) is 0 Å². The zero-order valence-electron chi connectivity index (χ0n) is 16.4. The van der Waals surface area contributed by atoms with Crippen LogP contribution in [0.2, 0.25) is 0 Å². The maximum atomic E-state index is 6.26. The Morgan fingerprint density at radius 2 is 1.59 bits per heavy atom. The van der Waals surface area contributed by atoms with Crippen LogP contribution in [0.4, 0.5) is 0 Å². The van der Waals surface area contributed by atoms with Crippen molar-refractivity contribution in [2.24, 2.45) is 0 Å². The topological polar surface area (TPSA) is 15.7 Å². The lowest BCUT2D eigenvalue weighted by molar-refractivity contribution is 0.0315. The average Bonchev–Trinajstić information content (AvgIpc) is 2.73. The highest BCUT2D eigenvalue weighted by atomic mass is 16.5. The second-order valence-electron chi connectivity index (χ2n) is 7.91. The maximum Gasteiger partial charge on any atom is 0.0827 e. The van der Waals surface area contributed by atoms with Crippen LogP contribution in [0.25, 0.3) is 0 Å². The number of fused-ring (bicyclic) bond motifs is 1. The van der Waals surface area contributed by atoms with Crippen LogP contribution in [0.15, 0.2) is 54.6 Å². The minimum atomic E-state index is 0.317. The van der Waals surface area contributed by atoms with Gasteiger partial charge in [-0.05, 0) is 42.4 Å². The predicted octanol–water partition coefficient (Wildman–Crippen LogP) is 4.29. The summed E-state index contributed by atoms with van der Waals surface area (Å²) < 4.78 is 6.26. The van der Waals surface area contributed by atoms with E-state index in [1.165, 1.54) is 62.1 Å². The Morgan fingerprint density at radius 3 is 2.44 bits per heavy atom. The smallest absolute Gasteiger partial charge is 0.0827 e. The van der Waals surface area contributed by atoms with Crippen molar-refractivity contribution >= 4 is 0 Å². The van der Waals surface area contributed by atoms with Gasteiger partial charge in [0.1, 0.15) is 0 Å². The van der Waals surface area contributed by atoms with Gasteiger partial charge in [-0.3, -0.25) is 4.90 Å². The summed E-state index contributed by atoms with van der Waals surface area (Å²) in [5.41, 5.74) is 4.34. The van der Waals surface area contributed by atoms with Gasteiger partial charge in [-0.25, -0.2) is 0 Å². The summed E-state index contributed by atoms with van der Waals surface area (Å²) >= 11 is 0. The lowest BCUT2D eigenvalue weighted by Crippen LogP contribution is -2.46. The van der Waals surface area contributed by atoms with E-state index in [4.69, 9.17) is 4.74 Å². The molecule has 1 heterocycles. The summed E-state index contributed by atoms with van der Waals surface area (Å²) in [5, 5.41) is 0. The minimum Gasteiger partial charge on any atom is -0.373 e. The van der Waals surface area contributed by atoms with Gasteiger partial charge >= 0.3 is 0 Å². The molecule has 2 aromatic rings. The molecule has 4 rings (SSSR count). The fraction of sp³-hybridized carbons (Fsp3) is 0.500. The van der Waals surface area contributed by atoms with Gasteiger partial charge in [0.25, 0.3) is 0 Å². The second kappa shape index (κ2) is 9.50. The first-order chi connectivity index (χ1) is 13.4. The molecule has 1 atom stereocenters. The zero-order valence-corrected chi connectivity index (χ0v) is 16.4. The zero-order chi connectivity index (χ0) is 18.3. The SMILES string of the molecule is c1ccc(CN2CCN(CCCOC3CCCc4ccccc43)CC2)cc1. The van der Waals surface area contributed by atoms with Crippen molar-refractivity contribution in [1.29, 1.82) is 0 Å². The molecule has 2 aromatic carbocycles. The van der Waals surface area contributed by atoms with Crippen LogP contribution in [0.1, 0.15) is 42.1 Å². The third-order valence-corrected chi connectivity index (χ3v) is 5.97. The number of rotatable bonds is 7. The first kappa shape index (κ1) is 18.7. The van der Waals surface area contributed by atoms with Crippen LogP contribution >= 0.6 is 0 Å². The molecule has 1 aliphatic heterocycles. The van der Waals surface area contributed by atoms with Crippen LogP contribution in [-0.2, 0) is 17.7 Å². The molecule has 144 valence electrons. The first-order valence-electron chi connectivity index (χ1n) is 10.6. The van der Waals surface area contributed by atoms with Crippen molar-refractivity contribution in [3.63, 3.8) is 0 Å². The lowest BCUT2D eigenvalue weighted by Gasteiger charge is -2.34. The molecule has 0 saturated carbocycles. The number of piperazine rings is 1. The fourth-order valence-corrected chi connectivity index (χ4v) is 4.41. The van der Waals surface area contributed by atoms with E-state index in [2.05, 4.69) is 64.4 Å². The van der Waals surface area contributed by atoms with Crippen molar-refractivity contribution < 1.29 is 4.74 Å². The van der Waals surface area contributed by atoms with Gasteiger partial charge in [0, 0.05) is 45.9 Å². The molecule has 0 radical (unpaired) electrons. The Bertz CT molecular complexity index is 695. The Hall–Kier alpha value is -1.68. The van der Waals surface area contributed by atoms with E-state index in [0.717, 1.165) is 26.1 Å². The highest BCUT2D eigenvalue weighted by Gasteiger charge is 2.20. The standard InChI is InChI=1S/C24H32N2O/c1-2-8-21(9-3-1)20-26-17-15-25(16-18-26)14-7-19-27-24-13-6-11-22-10-4-5-12-23(22)24/h1-5,8-10,12,24H,6-7,11,13-20H2. The number of hydrogen-bond acceptors (Lipinski definition) is 3. The van der Waals surface area contributed by atoms with Crippen molar-refractivity contribution in [3.8, 4) is 0 Å². The first-order valence-corrected chi connectivity index (χ1v) is 10.6. The van der Waals surface area contributed by atoms with Gasteiger partial charge in [0.2, 0.25) is 0 Å². The number of benzene rings is 2. The van der Waals surface area contributed by atoms with Crippen LogP contribution < -0.4 is 0 Å². The van der Waals surface area contributed by atoms with Crippen molar-refractivity contribution in [1.82, 2.24) is 9.80 Å². The summed E-state index contributed by atoms with van der Waals surface area (Å²) in [4.78, 5) is 5.17. The number of nitrogens with zero attached hydrogens (tertiary/aromatic N) is 2. The highest BCUT2D eigenvalue weighted by Crippen LogP contribution is 2.32. The molecule has 1 aliphatic carbocycles. The summed E-state index contributed by atoms with van der Waals surface area (Å²) in [6, 6.07) is 19.6. The second-order valence-corrected chi connectivity index (χ2v) is 7.91. The van der Waals surface area contributed by atoms with Gasteiger partial charge in [-0.1, -0.05) is 54.6 Å². The van der Waals surface area contributed by atoms with Crippen LogP contribution in [0.3, 0.4) is 0 Å². The number of ether oxygens (including phenoxy) is 1. The van der Waals surface area contributed by atoms with Gasteiger partial charge < -0.3 is 9.64 Å². The van der Waals surface area contributed by atoms with E-state index in [9.17, 15) is 0 Å². The van der Waals surface area contributed by atoms with Crippen LogP contribution in [-0.4, -0.2) is 49.1 Å². The largest absolute Gasteiger partial charge is 0.373 e. The van der Waals surface area contributed by atoms with Gasteiger partial charge in [0.05, 0.1) is 6.10 Å². The monoisotopic (exact) mass is 364 g/mol. The summed E-state index contributed by atoms with van der Waals surface area (Å²) in [6.45, 7) is 7.82.